The number of ether oxygens (including phenoxy) is 1. The lowest BCUT2D eigenvalue weighted by Gasteiger charge is -2.17. The van der Waals surface area contributed by atoms with Crippen LogP contribution >= 0.6 is 0 Å². The molecular weight excluding hydrogens is 262 g/mol. The monoisotopic (exact) mass is 283 g/mol. The zero-order chi connectivity index (χ0) is 15.2. The number of amides is 1. The molecule has 1 unspecified atom stereocenters. The van der Waals surface area contributed by atoms with Crippen LogP contribution in [0.2, 0.25) is 0 Å². The zero-order valence-corrected chi connectivity index (χ0v) is 12.7. The van der Waals surface area contributed by atoms with Gasteiger partial charge in [-0.2, -0.15) is 0 Å². The molecule has 0 bridgehead atoms. The summed E-state index contributed by atoms with van der Waals surface area (Å²) >= 11 is 0. The molecule has 0 spiro atoms. The highest BCUT2D eigenvalue weighted by Gasteiger charge is 2.16. The van der Waals surface area contributed by atoms with Gasteiger partial charge in [-0.15, -0.1) is 0 Å². The fourth-order valence-electron chi connectivity index (χ4n) is 2.12. The molecule has 2 rings (SSSR count). The minimum absolute atomic E-state index is 0.140. The van der Waals surface area contributed by atoms with E-state index in [0.29, 0.717) is 0 Å². The van der Waals surface area contributed by atoms with Crippen molar-refractivity contribution in [3.05, 3.63) is 59.7 Å². The van der Waals surface area contributed by atoms with E-state index in [-0.39, 0.29) is 5.91 Å². The molecule has 3 nitrogen and oxygen atoms in total. The number of para-hydroxylation sites is 2. The van der Waals surface area contributed by atoms with E-state index in [2.05, 4.69) is 12.2 Å². The van der Waals surface area contributed by atoms with Gasteiger partial charge in [0.25, 0.3) is 5.91 Å². The Hall–Kier alpha value is -2.29. The van der Waals surface area contributed by atoms with Gasteiger partial charge < -0.3 is 10.1 Å². The van der Waals surface area contributed by atoms with Crippen LogP contribution < -0.4 is 10.1 Å². The first-order valence-corrected chi connectivity index (χ1v) is 7.23. The lowest BCUT2D eigenvalue weighted by molar-refractivity contribution is -0.122. The standard InChI is InChI=1S/C18H21NO2/c1-4-15-10-6-7-11-16(15)19-18(20)14(3)21-17-12-8-5-9-13(17)2/h5-12,14H,4H2,1-3H3,(H,19,20). The van der Waals surface area contributed by atoms with E-state index in [1.54, 1.807) is 6.92 Å². The molecule has 0 fully saturated rings. The molecule has 0 radical (unpaired) electrons. The van der Waals surface area contributed by atoms with Crippen LogP contribution in [0.25, 0.3) is 0 Å². The van der Waals surface area contributed by atoms with Gasteiger partial charge in [0.05, 0.1) is 0 Å². The number of hydrogen-bond donors (Lipinski definition) is 1. The van der Waals surface area contributed by atoms with E-state index in [1.165, 1.54) is 0 Å². The molecule has 1 atom stereocenters. The minimum atomic E-state index is -0.545. The molecule has 0 aliphatic heterocycles. The van der Waals surface area contributed by atoms with E-state index in [4.69, 9.17) is 4.74 Å². The summed E-state index contributed by atoms with van der Waals surface area (Å²) in [5.74, 6) is 0.600. The van der Waals surface area contributed by atoms with Crippen molar-refractivity contribution >= 4 is 11.6 Å². The number of carbonyl (C=O) groups excluding carboxylic acids is 1. The predicted molar refractivity (Wildman–Crippen MR) is 85.7 cm³/mol. The van der Waals surface area contributed by atoms with E-state index in [0.717, 1.165) is 29.0 Å². The molecule has 0 aliphatic carbocycles. The average molecular weight is 283 g/mol. The highest BCUT2D eigenvalue weighted by molar-refractivity contribution is 5.94. The molecule has 110 valence electrons. The van der Waals surface area contributed by atoms with Crippen molar-refractivity contribution in [1.82, 2.24) is 0 Å². The van der Waals surface area contributed by atoms with Gasteiger partial charge in [0, 0.05) is 5.69 Å². The molecule has 2 aromatic carbocycles. The molecule has 2 aromatic rings. The lowest BCUT2D eigenvalue weighted by atomic mass is 10.1. The summed E-state index contributed by atoms with van der Waals surface area (Å²) in [6.45, 7) is 5.79. The average Bonchev–Trinajstić information content (AvgIpc) is 2.50. The highest BCUT2D eigenvalue weighted by Crippen LogP contribution is 2.19. The van der Waals surface area contributed by atoms with Crippen LogP contribution in [0, 0.1) is 6.92 Å². The van der Waals surface area contributed by atoms with Crippen LogP contribution in [0.3, 0.4) is 0 Å². The number of nitrogens with one attached hydrogen (secondary N) is 1. The van der Waals surface area contributed by atoms with Crippen molar-refractivity contribution in [1.29, 1.82) is 0 Å². The Kier molecular flexibility index (Phi) is 4.99. The van der Waals surface area contributed by atoms with Gasteiger partial charge in [0.2, 0.25) is 0 Å². The predicted octanol–water partition coefficient (Wildman–Crippen LogP) is 3.96. The number of rotatable bonds is 5. The molecule has 0 heterocycles. The van der Waals surface area contributed by atoms with Gasteiger partial charge in [-0.25, -0.2) is 0 Å². The minimum Gasteiger partial charge on any atom is -0.481 e. The Morgan fingerprint density at radius 3 is 2.52 bits per heavy atom. The van der Waals surface area contributed by atoms with Gasteiger partial charge in [-0.05, 0) is 43.5 Å². The maximum absolute atomic E-state index is 12.3. The van der Waals surface area contributed by atoms with Crippen molar-refractivity contribution in [2.24, 2.45) is 0 Å². The normalized spacial score (nSPS) is 11.8. The Morgan fingerprint density at radius 2 is 1.81 bits per heavy atom. The molecule has 0 saturated heterocycles. The summed E-state index contributed by atoms with van der Waals surface area (Å²) < 4.78 is 5.74. The Labute approximate surface area is 126 Å². The van der Waals surface area contributed by atoms with Crippen LogP contribution in [-0.4, -0.2) is 12.0 Å². The number of aryl methyl sites for hydroxylation is 2. The van der Waals surface area contributed by atoms with Crippen molar-refractivity contribution in [2.45, 2.75) is 33.3 Å². The summed E-state index contributed by atoms with van der Waals surface area (Å²) in [5.41, 5.74) is 2.99. The summed E-state index contributed by atoms with van der Waals surface area (Å²) in [6.07, 6.45) is 0.333. The van der Waals surface area contributed by atoms with Gasteiger partial charge in [-0.1, -0.05) is 43.3 Å². The maximum Gasteiger partial charge on any atom is 0.265 e. The number of carbonyl (C=O) groups is 1. The molecular formula is C18H21NO2. The van der Waals surface area contributed by atoms with E-state index in [1.807, 2.05) is 55.5 Å². The van der Waals surface area contributed by atoms with E-state index < -0.39 is 6.10 Å². The summed E-state index contributed by atoms with van der Waals surface area (Å²) in [7, 11) is 0. The lowest BCUT2D eigenvalue weighted by Crippen LogP contribution is -2.30. The molecule has 0 aliphatic rings. The smallest absolute Gasteiger partial charge is 0.265 e. The van der Waals surface area contributed by atoms with Gasteiger partial charge in [0.1, 0.15) is 5.75 Å². The zero-order valence-electron chi connectivity index (χ0n) is 12.7. The second-order valence-corrected chi connectivity index (χ2v) is 5.03. The fraction of sp³-hybridized carbons (Fsp3) is 0.278. The molecule has 3 heteroatoms. The van der Waals surface area contributed by atoms with Crippen LogP contribution in [-0.2, 0) is 11.2 Å². The Balaban J connectivity index is 2.05. The fourth-order valence-corrected chi connectivity index (χ4v) is 2.12. The SMILES string of the molecule is CCc1ccccc1NC(=O)C(C)Oc1ccccc1C. The number of anilines is 1. The molecule has 0 aromatic heterocycles. The van der Waals surface area contributed by atoms with Crippen LogP contribution in [0.5, 0.6) is 5.75 Å². The number of hydrogen-bond acceptors (Lipinski definition) is 2. The van der Waals surface area contributed by atoms with Crippen LogP contribution in [0.4, 0.5) is 5.69 Å². The van der Waals surface area contributed by atoms with Crippen LogP contribution in [0.1, 0.15) is 25.0 Å². The summed E-state index contributed by atoms with van der Waals surface area (Å²) in [4.78, 5) is 12.3. The summed E-state index contributed by atoms with van der Waals surface area (Å²) in [6, 6.07) is 15.5. The first-order valence-electron chi connectivity index (χ1n) is 7.23. The second kappa shape index (κ2) is 6.93. The Morgan fingerprint density at radius 1 is 1.14 bits per heavy atom. The largest absolute Gasteiger partial charge is 0.481 e. The van der Waals surface area contributed by atoms with Gasteiger partial charge >= 0.3 is 0 Å². The van der Waals surface area contributed by atoms with Crippen molar-refractivity contribution in [3.63, 3.8) is 0 Å². The third kappa shape index (κ3) is 3.85. The van der Waals surface area contributed by atoms with Gasteiger partial charge in [0.15, 0.2) is 6.10 Å². The molecule has 21 heavy (non-hydrogen) atoms. The third-order valence-corrected chi connectivity index (χ3v) is 3.42. The topological polar surface area (TPSA) is 38.3 Å². The van der Waals surface area contributed by atoms with E-state index in [9.17, 15) is 4.79 Å². The molecule has 1 amide bonds. The van der Waals surface area contributed by atoms with E-state index >= 15 is 0 Å². The second-order valence-electron chi connectivity index (χ2n) is 5.03. The highest BCUT2D eigenvalue weighted by atomic mass is 16.5. The van der Waals surface area contributed by atoms with Crippen molar-refractivity contribution < 1.29 is 9.53 Å². The number of benzene rings is 2. The first kappa shape index (κ1) is 15.1. The third-order valence-electron chi connectivity index (χ3n) is 3.42. The summed E-state index contributed by atoms with van der Waals surface area (Å²) in [5, 5.41) is 2.94. The quantitative estimate of drug-likeness (QED) is 0.902. The Bertz CT molecular complexity index is 622. The maximum atomic E-state index is 12.3. The van der Waals surface area contributed by atoms with Gasteiger partial charge in [-0.3, -0.25) is 4.79 Å². The van der Waals surface area contributed by atoms with Crippen molar-refractivity contribution in [2.75, 3.05) is 5.32 Å². The molecule has 0 saturated carbocycles. The van der Waals surface area contributed by atoms with Crippen LogP contribution in [0.15, 0.2) is 48.5 Å². The molecule has 1 N–H and O–H groups in total. The van der Waals surface area contributed by atoms with Crippen molar-refractivity contribution in [3.8, 4) is 5.75 Å². The first-order chi connectivity index (χ1) is 10.1.